The Bertz CT molecular complexity index is 868. The molecule has 0 N–H and O–H groups in total. The summed E-state index contributed by atoms with van der Waals surface area (Å²) in [6.45, 7) is 6.13. The molecular formula is C20H22N2O2. The molecule has 0 radical (unpaired) electrons. The van der Waals surface area contributed by atoms with Crippen molar-refractivity contribution in [1.29, 1.82) is 0 Å². The number of pyridine rings is 1. The lowest BCUT2D eigenvalue weighted by Crippen LogP contribution is -2.30. The van der Waals surface area contributed by atoms with Gasteiger partial charge in [-0.3, -0.25) is 9.78 Å². The molecule has 0 saturated heterocycles. The van der Waals surface area contributed by atoms with E-state index < -0.39 is 0 Å². The maximum Gasteiger partial charge on any atom is 0.227 e. The van der Waals surface area contributed by atoms with Gasteiger partial charge in [0.15, 0.2) is 0 Å². The lowest BCUT2D eigenvalue weighted by molar-refractivity contribution is -0.131. The maximum atomic E-state index is 12.7. The Morgan fingerprint density at radius 2 is 1.92 bits per heavy atom. The van der Waals surface area contributed by atoms with Crippen molar-refractivity contribution >= 4 is 16.9 Å². The van der Waals surface area contributed by atoms with Crippen molar-refractivity contribution in [3.05, 3.63) is 65.2 Å². The fourth-order valence-electron chi connectivity index (χ4n) is 2.89. The molecule has 3 rings (SSSR count). The summed E-state index contributed by atoms with van der Waals surface area (Å²) in [5, 5.41) is 1.02. The third-order valence-electron chi connectivity index (χ3n) is 4.85. The first kappa shape index (κ1) is 16.2. The van der Waals surface area contributed by atoms with Gasteiger partial charge in [0.1, 0.15) is 5.58 Å². The molecule has 1 amide bonds. The number of aryl methyl sites for hydroxylation is 2. The van der Waals surface area contributed by atoms with Crippen LogP contribution in [0, 0.1) is 13.8 Å². The van der Waals surface area contributed by atoms with Crippen LogP contribution >= 0.6 is 0 Å². The third-order valence-corrected chi connectivity index (χ3v) is 4.85. The van der Waals surface area contributed by atoms with Crippen LogP contribution in [0.5, 0.6) is 0 Å². The molecule has 24 heavy (non-hydrogen) atoms. The SMILES string of the molecule is Cc1ccc2c(CC(=O)N(C)C(C)c3ccncc3)coc2c1C. The highest BCUT2D eigenvalue weighted by atomic mass is 16.3. The fraction of sp³-hybridized carbons (Fsp3) is 0.300. The zero-order chi connectivity index (χ0) is 17.3. The van der Waals surface area contributed by atoms with Gasteiger partial charge in [0.2, 0.25) is 5.91 Å². The molecule has 0 bridgehead atoms. The third kappa shape index (κ3) is 2.92. The summed E-state index contributed by atoms with van der Waals surface area (Å²) in [4.78, 5) is 18.5. The van der Waals surface area contributed by atoms with E-state index in [1.807, 2.05) is 39.1 Å². The zero-order valence-electron chi connectivity index (χ0n) is 14.5. The lowest BCUT2D eigenvalue weighted by atomic mass is 10.0. The van der Waals surface area contributed by atoms with Gasteiger partial charge >= 0.3 is 0 Å². The van der Waals surface area contributed by atoms with Crippen molar-refractivity contribution in [3.8, 4) is 0 Å². The molecule has 1 atom stereocenters. The molecular weight excluding hydrogens is 300 g/mol. The van der Waals surface area contributed by atoms with Gasteiger partial charge in [-0.25, -0.2) is 0 Å². The lowest BCUT2D eigenvalue weighted by Gasteiger charge is -2.25. The summed E-state index contributed by atoms with van der Waals surface area (Å²) in [6.07, 6.45) is 5.54. The predicted octanol–water partition coefficient (Wildman–Crippen LogP) is 4.21. The molecule has 1 aromatic carbocycles. The van der Waals surface area contributed by atoms with Gasteiger partial charge in [-0.1, -0.05) is 12.1 Å². The van der Waals surface area contributed by atoms with Crippen molar-refractivity contribution < 1.29 is 9.21 Å². The van der Waals surface area contributed by atoms with Crippen molar-refractivity contribution in [2.75, 3.05) is 7.05 Å². The fourth-order valence-corrected chi connectivity index (χ4v) is 2.89. The number of hydrogen-bond donors (Lipinski definition) is 0. The first-order chi connectivity index (χ1) is 11.5. The normalized spacial score (nSPS) is 12.3. The van der Waals surface area contributed by atoms with Crippen LogP contribution in [0.4, 0.5) is 0 Å². The number of carbonyl (C=O) groups excluding carboxylic acids is 1. The summed E-state index contributed by atoms with van der Waals surface area (Å²) in [5.74, 6) is 0.0697. The summed E-state index contributed by atoms with van der Waals surface area (Å²) in [6, 6.07) is 7.99. The number of carbonyl (C=O) groups is 1. The molecule has 124 valence electrons. The number of rotatable bonds is 4. The number of aromatic nitrogens is 1. The Morgan fingerprint density at radius 3 is 2.62 bits per heavy atom. The molecule has 4 heteroatoms. The minimum Gasteiger partial charge on any atom is -0.464 e. The van der Waals surface area contributed by atoms with Crippen LogP contribution in [0.2, 0.25) is 0 Å². The highest BCUT2D eigenvalue weighted by molar-refractivity contribution is 5.89. The number of nitrogens with zero attached hydrogens (tertiary/aromatic N) is 2. The zero-order valence-corrected chi connectivity index (χ0v) is 14.5. The topological polar surface area (TPSA) is 46.3 Å². The predicted molar refractivity (Wildman–Crippen MR) is 94.8 cm³/mol. The number of likely N-dealkylation sites (N-methyl/N-ethyl adjacent to an activating group) is 1. The van der Waals surface area contributed by atoms with Crippen LogP contribution in [-0.2, 0) is 11.2 Å². The molecule has 0 saturated carbocycles. The number of benzene rings is 1. The summed E-state index contributed by atoms with van der Waals surface area (Å²) >= 11 is 0. The van der Waals surface area contributed by atoms with E-state index in [0.29, 0.717) is 6.42 Å². The average Bonchev–Trinajstić information content (AvgIpc) is 3.01. The maximum absolute atomic E-state index is 12.7. The molecule has 0 aliphatic heterocycles. The second kappa shape index (κ2) is 6.48. The molecule has 2 aromatic heterocycles. The minimum atomic E-state index is 0.00245. The van der Waals surface area contributed by atoms with Crippen LogP contribution in [0.1, 0.15) is 35.2 Å². The number of fused-ring (bicyclic) bond motifs is 1. The summed E-state index contributed by atoms with van der Waals surface area (Å²) < 4.78 is 5.71. The van der Waals surface area contributed by atoms with E-state index in [1.54, 1.807) is 23.6 Å². The monoisotopic (exact) mass is 322 g/mol. The van der Waals surface area contributed by atoms with E-state index in [0.717, 1.165) is 27.7 Å². The van der Waals surface area contributed by atoms with Gasteiger partial charge in [-0.05, 0) is 49.6 Å². The largest absolute Gasteiger partial charge is 0.464 e. The Kier molecular flexibility index (Phi) is 4.38. The molecule has 0 aliphatic carbocycles. The number of furan rings is 1. The van der Waals surface area contributed by atoms with Gasteiger partial charge in [0.05, 0.1) is 18.7 Å². The molecule has 1 unspecified atom stereocenters. The Morgan fingerprint density at radius 1 is 1.21 bits per heavy atom. The van der Waals surface area contributed by atoms with Gasteiger partial charge in [-0.2, -0.15) is 0 Å². The van der Waals surface area contributed by atoms with Gasteiger partial charge in [0.25, 0.3) is 0 Å². The van der Waals surface area contributed by atoms with Crippen LogP contribution in [0.15, 0.2) is 47.3 Å². The molecule has 4 nitrogen and oxygen atoms in total. The molecule has 2 heterocycles. The number of amides is 1. The first-order valence-corrected chi connectivity index (χ1v) is 8.11. The van der Waals surface area contributed by atoms with Gasteiger partial charge in [0, 0.05) is 30.4 Å². The standard InChI is InChI=1S/C20H22N2O2/c1-13-5-6-18-17(12-24-20(18)14(13)2)11-19(23)22(4)15(3)16-7-9-21-10-8-16/h5-10,12,15H,11H2,1-4H3. The first-order valence-electron chi connectivity index (χ1n) is 8.11. The molecule has 3 aromatic rings. The second-order valence-electron chi connectivity index (χ2n) is 6.28. The van der Waals surface area contributed by atoms with E-state index in [2.05, 4.69) is 18.0 Å². The highest BCUT2D eigenvalue weighted by Gasteiger charge is 2.20. The van der Waals surface area contributed by atoms with E-state index >= 15 is 0 Å². The second-order valence-corrected chi connectivity index (χ2v) is 6.28. The van der Waals surface area contributed by atoms with Crippen molar-refractivity contribution in [1.82, 2.24) is 9.88 Å². The average molecular weight is 322 g/mol. The highest BCUT2D eigenvalue weighted by Crippen LogP contribution is 2.27. The number of hydrogen-bond acceptors (Lipinski definition) is 3. The van der Waals surface area contributed by atoms with E-state index in [9.17, 15) is 4.79 Å². The van der Waals surface area contributed by atoms with Gasteiger partial charge < -0.3 is 9.32 Å². The molecule has 0 spiro atoms. The van der Waals surface area contributed by atoms with E-state index in [-0.39, 0.29) is 11.9 Å². The molecule has 0 fully saturated rings. The summed E-state index contributed by atoms with van der Waals surface area (Å²) in [5.41, 5.74) is 5.21. The van der Waals surface area contributed by atoms with E-state index in [4.69, 9.17) is 4.42 Å². The summed E-state index contributed by atoms with van der Waals surface area (Å²) in [7, 11) is 1.84. The van der Waals surface area contributed by atoms with Gasteiger partial charge in [-0.15, -0.1) is 0 Å². The molecule has 0 aliphatic rings. The van der Waals surface area contributed by atoms with Crippen molar-refractivity contribution in [2.45, 2.75) is 33.2 Å². The minimum absolute atomic E-state index is 0.00245. The van der Waals surface area contributed by atoms with Crippen LogP contribution in [0.25, 0.3) is 11.0 Å². The van der Waals surface area contributed by atoms with Crippen molar-refractivity contribution in [2.24, 2.45) is 0 Å². The van der Waals surface area contributed by atoms with E-state index in [1.165, 1.54) is 5.56 Å². The Balaban J connectivity index is 1.81. The van der Waals surface area contributed by atoms with Crippen molar-refractivity contribution in [3.63, 3.8) is 0 Å². The van der Waals surface area contributed by atoms with Crippen LogP contribution in [0.3, 0.4) is 0 Å². The smallest absolute Gasteiger partial charge is 0.227 e. The quantitative estimate of drug-likeness (QED) is 0.723. The van der Waals surface area contributed by atoms with Crippen LogP contribution < -0.4 is 0 Å². The van der Waals surface area contributed by atoms with Crippen LogP contribution in [-0.4, -0.2) is 22.8 Å². The Labute approximate surface area is 142 Å². The Hall–Kier alpha value is -2.62.